The molecule has 0 amide bonds. The second-order valence-corrected chi connectivity index (χ2v) is 6.90. The Balaban J connectivity index is 2.13. The normalized spacial score (nSPS) is 11.3. The molecule has 0 aliphatic heterocycles. The molecule has 0 unspecified atom stereocenters. The summed E-state index contributed by atoms with van der Waals surface area (Å²) in [6, 6.07) is 14.4. The van der Waals surface area contributed by atoms with Gasteiger partial charge in [0.2, 0.25) is 0 Å². The molecule has 21 heavy (non-hydrogen) atoms. The van der Waals surface area contributed by atoms with E-state index >= 15 is 0 Å². The third-order valence-corrected chi connectivity index (χ3v) is 4.75. The van der Waals surface area contributed by atoms with E-state index in [9.17, 15) is 8.42 Å². The van der Waals surface area contributed by atoms with Gasteiger partial charge in [0.05, 0.1) is 4.90 Å². The first kappa shape index (κ1) is 15.6. The molecule has 0 aliphatic carbocycles. The number of anilines is 1. The Morgan fingerprint density at radius 1 is 0.952 bits per heavy atom. The van der Waals surface area contributed by atoms with Crippen LogP contribution < -0.4 is 4.72 Å². The average Bonchev–Trinajstić information content (AvgIpc) is 2.48. The maximum absolute atomic E-state index is 12.3. The summed E-state index contributed by atoms with van der Waals surface area (Å²) in [5, 5.41) is 0. The fourth-order valence-corrected chi connectivity index (χ4v) is 3.11. The van der Waals surface area contributed by atoms with Crippen molar-refractivity contribution in [2.75, 3.05) is 4.72 Å². The smallest absolute Gasteiger partial charge is 0.261 e. The van der Waals surface area contributed by atoms with E-state index in [1.54, 1.807) is 24.3 Å². The largest absolute Gasteiger partial charge is 0.280 e. The first-order chi connectivity index (χ1) is 10.0. The number of nitrogens with one attached hydrogen (secondary N) is 1. The van der Waals surface area contributed by atoms with Gasteiger partial charge in [0, 0.05) is 5.69 Å². The first-order valence-electron chi connectivity index (χ1n) is 7.19. The van der Waals surface area contributed by atoms with Crippen LogP contribution in [0.1, 0.15) is 30.9 Å². The Morgan fingerprint density at radius 3 is 2.14 bits per heavy atom. The molecule has 0 saturated carbocycles. The molecule has 0 fully saturated rings. The minimum absolute atomic E-state index is 0.295. The minimum atomic E-state index is -3.51. The van der Waals surface area contributed by atoms with Gasteiger partial charge < -0.3 is 0 Å². The number of benzene rings is 2. The zero-order valence-electron chi connectivity index (χ0n) is 12.5. The number of hydrogen-bond donors (Lipinski definition) is 1. The number of rotatable bonds is 6. The van der Waals surface area contributed by atoms with E-state index in [4.69, 9.17) is 0 Å². The van der Waals surface area contributed by atoms with Gasteiger partial charge in [0.1, 0.15) is 0 Å². The van der Waals surface area contributed by atoms with Crippen LogP contribution >= 0.6 is 0 Å². The highest BCUT2D eigenvalue weighted by Gasteiger charge is 2.13. The van der Waals surface area contributed by atoms with E-state index in [-0.39, 0.29) is 0 Å². The molecule has 2 rings (SSSR count). The molecule has 0 saturated heterocycles. The molecule has 2 aromatic carbocycles. The van der Waals surface area contributed by atoms with Crippen LogP contribution in [0.3, 0.4) is 0 Å². The van der Waals surface area contributed by atoms with Crippen LogP contribution in [0.15, 0.2) is 53.4 Å². The lowest BCUT2D eigenvalue weighted by molar-refractivity contribution is 0.601. The van der Waals surface area contributed by atoms with Gasteiger partial charge in [0.25, 0.3) is 10.0 Å². The molecule has 0 spiro atoms. The second kappa shape index (κ2) is 6.76. The van der Waals surface area contributed by atoms with Crippen LogP contribution in [0.4, 0.5) is 5.69 Å². The summed E-state index contributed by atoms with van der Waals surface area (Å²) in [4.78, 5) is 0.295. The van der Waals surface area contributed by atoms with Crippen molar-refractivity contribution in [2.45, 2.75) is 38.0 Å². The van der Waals surface area contributed by atoms with Crippen molar-refractivity contribution in [3.8, 4) is 0 Å². The maximum Gasteiger partial charge on any atom is 0.261 e. The molecule has 4 heteroatoms. The number of hydrogen-bond acceptors (Lipinski definition) is 2. The number of unbranched alkanes of at least 4 members (excludes halogenated alkanes) is 1. The van der Waals surface area contributed by atoms with Crippen molar-refractivity contribution in [3.63, 3.8) is 0 Å². The summed E-state index contributed by atoms with van der Waals surface area (Å²) in [5.41, 5.74) is 2.85. The van der Waals surface area contributed by atoms with Crippen molar-refractivity contribution in [3.05, 3.63) is 59.7 Å². The maximum atomic E-state index is 12.3. The molecule has 112 valence electrons. The predicted octanol–water partition coefficient (Wildman–Crippen LogP) is 4.14. The highest BCUT2D eigenvalue weighted by atomic mass is 32.2. The average molecular weight is 303 g/mol. The van der Waals surface area contributed by atoms with Crippen molar-refractivity contribution in [2.24, 2.45) is 0 Å². The zero-order valence-corrected chi connectivity index (χ0v) is 13.3. The van der Waals surface area contributed by atoms with Crippen molar-refractivity contribution >= 4 is 15.7 Å². The van der Waals surface area contributed by atoms with Crippen LogP contribution in [-0.2, 0) is 16.4 Å². The standard InChI is InChI=1S/C17H21NO2S/c1-3-4-5-15-8-12-17(13-9-15)21(19,20)18-16-10-6-14(2)7-11-16/h6-13,18H,3-5H2,1-2H3. The highest BCUT2D eigenvalue weighted by molar-refractivity contribution is 7.92. The monoisotopic (exact) mass is 303 g/mol. The lowest BCUT2D eigenvalue weighted by atomic mass is 10.1. The third kappa shape index (κ3) is 4.33. The van der Waals surface area contributed by atoms with Gasteiger partial charge in [-0.2, -0.15) is 0 Å². The first-order valence-corrected chi connectivity index (χ1v) is 8.68. The molecular formula is C17H21NO2S. The topological polar surface area (TPSA) is 46.2 Å². The molecular weight excluding hydrogens is 282 g/mol. The van der Waals surface area contributed by atoms with E-state index in [1.807, 2.05) is 31.2 Å². The van der Waals surface area contributed by atoms with Crippen molar-refractivity contribution < 1.29 is 8.42 Å². The van der Waals surface area contributed by atoms with Crippen LogP contribution in [0.5, 0.6) is 0 Å². The van der Waals surface area contributed by atoms with E-state index in [2.05, 4.69) is 11.6 Å². The Hall–Kier alpha value is -1.81. The van der Waals surface area contributed by atoms with Crippen LogP contribution in [0, 0.1) is 6.92 Å². The molecule has 0 radical (unpaired) electrons. The van der Waals surface area contributed by atoms with Gasteiger partial charge in [-0.05, 0) is 49.6 Å². The molecule has 0 aliphatic rings. The molecule has 2 aromatic rings. The lowest BCUT2D eigenvalue weighted by Gasteiger charge is -2.09. The van der Waals surface area contributed by atoms with Crippen molar-refractivity contribution in [1.29, 1.82) is 0 Å². The second-order valence-electron chi connectivity index (χ2n) is 5.22. The third-order valence-electron chi connectivity index (χ3n) is 3.36. The number of aryl methyl sites for hydroxylation is 2. The Kier molecular flexibility index (Phi) is 5.02. The quantitative estimate of drug-likeness (QED) is 0.872. The SMILES string of the molecule is CCCCc1ccc(S(=O)(=O)Nc2ccc(C)cc2)cc1. The van der Waals surface area contributed by atoms with Crippen molar-refractivity contribution in [1.82, 2.24) is 0 Å². The van der Waals surface area contributed by atoms with E-state index in [0.717, 1.165) is 24.8 Å². The van der Waals surface area contributed by atoms with E-state index in [1.165, 1.54) is 5.56 Å². The van der Waals surface area contributed by atoms with Gasteiger partial charge in [-0.1, -0.05) is 43.2 Å². The van der Waals surface area contributed by atoms with Crippen LogP contribution in [0.25, 0.3) is 0 Å². The Bertz CT molecular complexity index is 674. The molecule has 0 heterocycles. The summed E-state index contributed by atoms with van der Waals surface area (Å²) in [5.74, 6) is 0. The number of sulfonamides is 1. The van der Waals surface area contributed by atoms with Gasteiger partial charge in [0.15, 0.2) is 0 Å². The highest BCUT2D eigenvalue weighted by Crippen LogP contribution is 2.17. The van der Waals surface area contributed by atoms with Gasteiger partial charge in [-0.25, -0.2) is 8.42 Å². The Labute approximate surface area is 127 Å². The van der Waals surface area contributed by atoms with Crippen LogP contribution in [0.2, 0.25) is 0 Å². The summed E-state index contributed by atoms with van der Waals surface area (Å²) < 4.78 is 27.2. The fourth-order valence-electron chi connectivity index (χ4n) is 2.05. The molecule has 0 bridgehead atoms. The zero-order chi connectivity index (χ0) is 15.3. The van der Waals surface area contributed by atoms with Gasteiger partial charge >= 0.3 is 0 Å². The summed E-state index contributed by atoms with van der Waals surface area (Å²) >= 11 is 0. The molecule has 3 nitrogen and oxygen atoms in total. The minimum Gasteiger partial charge on any atom is -0.280 e. The van der Waals surface area contributed by atoms with Gasteiger partial charge in [-0.15, -0.1) is 0 Å². The lowest BCUT2D eigenvalue weighted by Crippen LogP contribution is -2.12. The summed E-state index contributed by atoms with van der Waals surface area (Å²) in [6.45, 7) is 4.11. The van der Waals surface area contributed by atoms with E-state index < -0.39 is 10.0 Å². The summed E-state index contributed by atoms with van der Waals surface area (Å²) in [7, 11) is -3.51. The fraction of sp³-hybridized carbons (Fsp3) is 0.294. The summed E-state index contributed by atoms with van der Waals surface area (Å²) in [6.07, 6.45) is 3.24. The molecule has 0 atom stereocenters. The Morgan fingerprint density at radius 2 is 1.57 bits per heavy atom. The van der Waals surface area contributed by atoms with Crippen LogP contribution in [-0.4, -0.2) is 8.42 Å². The van der Waals surface area contributed by atoms with Gasteiger partial charge in [-0.3, -0.25) is 4.72 Å². The predicted molar refractivity (Wildman–Crippen MR) is 87.0 cm³/mol. The molecule has 1 N–H and O–H groups in total. The van der Waals surface area contributed by atoms with E-state index in [0.29, 0.717) is 10.6 Å². The molecule has 0 aromatic heterocycles.